The molecule has 2 aromatic heterocycles. The number of aliphatic hydroxyl groups is 1. The van der Waals surface area contributed by atoms with Crippen LogP contribution in [0.15, 0.2) is 22.7 Å². The molecule has 2 unspecified atom stereocenters. The lowest BCUT2D eigenvalue weighted by molar-refractivity contribution is 0.110. The summed E-state index contributed by atoms with van der Waals surface area (Å²) < 4.78 is 5.54. The minimum absolute atomic E-state index is 0.0543. The van der Waals surface area contributed by atoms with E-state index in [0.717, 1.165) is 45.1 Å². The van der Waals surface area contributed by atoms with E-state index < -0.39 is 6.10 Å². The van der Waals surface area contributed by atoms with Gasteiger partial charge in [0.25, 0.3) is 0 Å². The smallest absolute Gasteiger partial charge is 0.224 e. The van der Waals surface area contributed by atoms with E-state index in [9.17, 15) is 9.90 Å². The van der Waals surface area contributed by atoms with Gasteiger partial charge in [0.15, 0.2) is 12.0 Å². The van der Waals surface area contributed by atoms with Crippen LogP contribution >= 0.6 is 0 Å². The maximum absolute atomic E-state index is 10.9. The van der Waals surface area contributed by atoms with Crippen LogP contribution < -0.4 is 10.6 Å². The molecule has 140 valence electrons. The van der Waals surface area contributed by atoms with Crippen molar-refractivity contribution in [2.45, 2.75) is 57.6 Å². The molecule has 7 nitrogen and oxygen atoms in total. The van der Waals surface area contributed by atoms with Gasteiger partial charge in [0.2, 0.25) is 5.95 Å². The Hall–Kier alpha value is -2.41. The van der Waals surface area contributed by atoms with Gasteiger partial charge < -0.3 is 20.2 Å². The maximum atomic E-state index is 10.9. The zero-order valence-corrected chi connectivity index (χ0v) is 15.1. The maximum Gasteiger partial charge on any atom is 0.224 e. The third-order valence-electron chi connectivity index (χ3n) is 4.66. The van der Waals surface area contributed by atoms with Crippen molar-refractivity contribution in [3.63, 3.8) is 0 Å². The number of aliphatic hydroxyl groups excluding tert-OH is 1. The van der Waals surface area contributed by atoms with Crippen LogP contribution in [-0.2, 0) is 0 Å². The molecule has 0 aliphatic heterocycles. The molecule has 2 atom stereocenters. The first kappa shape index (κ1) is 18.4. The van der Waals surface area contributed by atoms with Crippen molar-refractivity contribution in [3.8, 4) is 11.3 Å². The van der Waals surface area contributed by atoms with Crippen LogP contribution in [0.3, 0.4) is 0 Å². The van der Waals surface area contributed by atoms with Crippen molar-refractivity contribution < 1.29 is 14.3 Å². The lowest BCUT2D eigenvalue weighted by Gasteiger charge is -2.29. The van der Waals surface area contributed by atoms with Gasteiger partial charge in [-0.05, 0) is 31.4 Å². The Bertz CT molecular complexity index is 731. The predicted molar refractivity (Wildman–Crippen MR) is 100 cm³/mol. The second kappa shape index (κ2) is 8.80. The standard InChI is InChI=1S/C19H26N4O3/c1-2-3-10-20-19-21-11-14(17-9-8-13(12-24)26-17)18(23-19)22-15-6-4-5-7-16(15)25/h8-9,11-12,15-16,25H,2-7,10H2,1H3,(H2,20,21,22,23). The third-order valence-corrected chi connectivity index (χ3v) is 4.66. The Labute approximate surface area is 153 Å². The molecule has 1 fully saturated rings. The summed E-state index contributed by atoms with van der Waals surface area (Å²) in [5.74, 6) is 1.93. The molecule has 3 rings (SSSR count). The molecular formula is C19H26N4O3. The van der Waals surface area contributed by atoms with E-state index in [2.05, 4.69) is 27.5 Å². The number of carbonyl (C=O) groups is 1. The van der Waals surface area contributed by atoms with Crippen LogP contribution in [0.5, 0.6) is 0 Å². The summed E-state index contributed by atoms with van der Waals surface area (Å²) in [5.41, 5.74) is 0.678. The Morgan fingerprint density at radius 3 is 2.92 bits per heavy atom. The molecule has 7 heteroatoms. The minimum Gasteiger partial charge on any atom is -0.453 e. The van der Waals surface area contributed by atoms with Crippen molar-refractivity contribution in [2.75, 3.05) is 17.2 Å². The van der Waals surface area contributed by atoms with Crippen LogP contribution in [0.4, 0.5) is 11.8 Å². The van der Waals surface area contributed by atoms with Crippen LogP contribution in [0.1, 0.15) is 56.0 Å². The summed E-state index contributed by atoms with van der Waals surface area (Å²) in [6.07, 6.45) is 7.88. The summed E-state index contributed by atoms with van der Waals surface area (Å²) in [6.45, 7) is 2.93. The molecule has 0 bridgehead atoms. The minimum atomic E-state index is -0.398. The van der Waals surface area contributed by atoms with Gasteiger partial charge in [-0.2, -0.15) is 4.98 Å². The van der Waals surface area contributed by atoms with Gasteiger partial charge in [-0.25, -0.2) is 4.98 Å². The van der Waals surface area contributed by atoms with Crippen molar-refractivity contribution in [3.05, 3.63) is 24.1 Å². The van der Waals surface area contributed by atoms with E-state index in [0.29, 0.717) is 29.4 Å². The molecule has 26 heavy (non-hydrogen) atoms. The van der Waals surface area contributed by atoms with E-state index in [4.69, 9.17) is 4.42 Å². The lowest BCUT2D eigenvalue weighted by Crippen LogP contribution is -2.36. The quantitative estimate of drug-likeness (QED) is 0.490. The number of rotatable bonds is 8. The molecule has 0 saturated heterocycles. The summed E-state index contributed by atoms with van der Waals surface area (Å²) in [7, 11) is 0. The van der Waals surface area contributed by atoms with Gasteiger partial charge in [-0.3, -0.25) is 4.79 Å². The molecule has 1 saturated carbocycles. The van der Waals surface area contributed by atoms with Gasteiger partial charge in [0.1, 0.15) is 11.6 Å². The molecular weight excluding hydrogens is 332 g/mol. The van der Waals surface area contributed by atoms with E-state index in [1.54, 1.807) is 18.3 Å². The second-order valence-electron chi connectivity index (χ2n) is 6.66. The number of hydrogen-bond donors (Lipinski definition) is 3. The number of unbranched alkanes of at least 4 members (excludes halogenated alkanes) is 1. The number of hydrogen-bond acceptors (Lipinski definition) is 7. The Kier molecular flexibility index (Phi) is 6.22. The second-order valence-corrected chi connectivity index (χ2v) is 6.66. The molecule has 1 aliphatic rings. The number of furan rings is 1. The Morgan fingerprint density at radius 1 is 1.35 bits per heavy atom. The van der Waals surface area contributed by atoms with E-state index in [1.807, 2.05) is 0 Å². The van der Waals surface area contributed by atoms with E-state index in [1.165, 1.54) is 0 Å². The highest BCUT2D eigenvalue weighted by Crippen LogP contribution is 2.30. The topological polar surface area (TPSA) is 100 Å². The fourth-order valence-corrected chi connectivity index (χ4v) is 3.15. The fourth-order valence-electron chi connectivity index (χ4n) is 3.15. The average Bonchev–Trinajstić information content (AvgIpc) is 3.13. The molecule has 2 heterocycles. The highest BCUT2D eigenvalue weighted by Gasteiger charge is 2.25. The Balaban J connectivity index is 1.87. The molecule has 1 aliphatic carbocycles. The molecule has 0 spiro atoms. The molecule has 3 N–H and O–H groups in total. The summed E-state index contributed by atoms with van der Waals surface area (Å²) >= 11 is 0. The van der Waals surface area contributed by atoms with Crippen molar-refractivity contribution in [2.24, 2.45) is 0 Å². The summed E-state index contributed by atoms with van der Waals surface area (Å²) in [6, 6.07) is 3.30. The van der Waals surface area contributed by atoms with Gasteiger partial charge in [-0.1, -0.05) is 26.2 Å². The summed E-state index contributed by atoms with van der Waals surface area (Å²) in [5, 5.41) is 16.9. The zero-order chi connectivity index (χ0) is 18.4. The first-order valence-corrected chi connectivity index (χ1v) is 9.32. The molecule has 0 radical (unpaired) electrons. The number of aldehydes is 1. The van der Waals surface area contributed by atoms with Gasteiger partial charge >= 0.3 is 0 Å². The van der Waals surface area contributed by atoms with Crippen LogP contribution in [0.2, 0.25) is 0 Å². The number of anilines is 2. The van der Waals surface area contributed by atoms with Crippen molar-refractivity contribution in [1.29, 1.82) is 0 Å². The number of nitrogens with one attached hydrogen (secondary N) is 2. The van der Waals surface area contributed by atoms with Crippen LogP contribution in [0, 0.1) is 0 Å². The Morgan fingerprint density at radius 2 is 2.19 bits per heavy atom. The first-order valence-electron chi connectivity index (χ1n) is 9.32. The fraction of sp³-hybridized carbons (Fsp3) is 0.526. The van der Waals surface area contributed by atoms with E-state index in [-0.39, 0.29) is 11.8 Å². The molecule has 2 aromatic rings. The van der Waals surface area contributed by atoms with Crippen molar-refractivity contribution >= 4 is 18.1 Å². The lowest BCUT2D eigenvalue weighted by atomic mass is 9.92. The predicted octanol–water partition coefficient (Wildman–Crippen LogP) is 3.48. The number of aromatic nitrogens is 2. The molecule has 0 aromatic carbocycles. The SMILES string of the molecule is CCCCNc1ncc(-c2ccc(C=O)o2)c(NC2CCCCC2O)n1. The number of carbonyl (C=O) groups excluding carboxylic acids is 1. The van der Waals surface area contributed by atoms with Gasteiger partial charge in [-0.15, -0.1) is 0 Å². The van der Waals surface area contributed by atoms with Crippen LogP contribution in [-0.4, -0.2) is 40.1 Å². The third kappa shape index (κ3) is 4.40. The monoisotopic (exact) mass is 358 g/mol. The van der Waals surface area contributed by atoms with Gasteiger partial charge in [0, 0.05) is 12.7 Å². The van der Waals surface area contributed by atoms with E-state index >= 15 is 0 Å². The number of nitrogens with zero attached hydrogens (tertiary/aromatic N) is 2. The average molecular weight is 358 g/mol. The largest absolute Gasteiger partial charge is 0.453 e. The normalized spacial score (nSPS) is 19.9. The van der Waals surface area contributed by atoms with Gasteiger partial charge in [0.05, 0.1) is 17.7 Å². The zero-order valence-electron chi connectivity index (χ0n) is 15.1. The first-order chi connectivity index (χ1) is 12.7. The molecule has 0 amide bonds. The summed E-state index contributed by atoms with van der Waals surface area (Å²) in [4.78, 5) is 19.9. The van der Waals surface area contributed by atoms with Crippen LogP contribution in [0.25, 0.3) is 11.3 Å². The van der Waals surface area contributed by atoms with Crippen molar-refractivity contribution in [1.82, 2.24) is 9.97 Å². The highest BCUT2D eigenvalue weighted by atomic mass is 16.3. The highest BCUT2D eigenvalue weighted by molar-refractivity contribution is 5.76.